The molecule has 110 valence electrons. The van der Waals surface area contributed by atoms with Crippen LogP contribution < -0.4 is 4.90 Å². The first-order valence-corrected chi connectivity index (χ1v) is 7.65. The van der Waals surface area contributed by atoms with Gasteiger partial charge in [-0.25, -0.2) is 0 Å². The standard InChI is InChI=1S/C19H18N2O/c20-14-16-9-7-15(8-10-16)11-12-19(22)21-13-3-5-17-4-1-2-6-18(17)21/h1-2,4,6-10H,3,5,11-13H2. The van der Waals surface area contributed by atoms with E-state index in [9.17, 15) is 4.79 Å². The highest BCUT2D eigenvalue weighted by atomic mass is 16.2. The summed E-state index contributed by atoms with van der Waals surface area (Å²) in [4.78, 5) is 14.4. The number of aryl methyl sites for hydroxylation is 2. The summed E-state index contributed by atoms with van der Waals surface area (Å²) >= 11 is 0. The summed E-state index contributed by atoms with van der Waals surface area (Å²) in [5.74, 6) is 0.177. The van der Waals surface area contributed by atoms with E-state index in [0.29, 0.717) is 18.4 Å². The minimum absolute atomic E-state index is 0.177. The van der Waals surface area contributed by atoms with Gasteiger partial charge >= 0.3 is 0 Å². The van der Waals surface area contributed by atoms with Gasteiger partial charge in [0.1, 0.15) is 0 Å². The molecule has 0 N–H and O–H groups in total. The van der Waals surface area contributed by atoms with E-state index < -0.39 is 0 Å². The van der Waals surface area contributed by atoms with Crippen LogP contribution in [0, 0.1) is 11.3 Å². The van der Waals surface area contributed by atoms with Crippen LogP contribution in [0.1, 0.15) is 29.5 Å². The minimum Gasteiger partial charge on any atom is -0.312 e. The summed E-state index contributed by atoms with van der Waals surface area (Å²) in [7, 11) is 0. The second-order valence-corrected chi connectivity index (χ2v) is 5.59. The van der Waals surface area contributed by atoms with Gasteiger partial charge in [0.05, 0.1) is 11.6 Å². The molecule has 0 aliphatic carbocycles. The number of fused-ring (bicyclic) bond motifs is 1. The molecule has 0 atom stereocenters. The van der Waals surface area contributed by atoms with E-state index in [1.165, 1.54) is 5.56 Å². The Morgan fingerprint density at radius 2 is 1.91 bits per heavy atom. The fraction of sp³-hybridized carbons (Fsp3) is 0.263. The van der Waals surface area contributed by atoms with Crippen molar-refractivity contribution < 1.29 is 4.79 Å². The number of rotatable bonds is 3. The SMILES string of the molecule is N#Cc1ccc(CCC(=O)N2CCCc3ccccc32)cc1. The Kier molecular flexibility index (Phi) is 4.20. The molecule has 0 spiro atoms. The van der Waals surface area contributed by atoms with Crippen LogP contribution in [-0.4, -0.2) is 12.5 Å². The van der Waals surface area contributed by atoms with Gasteiger partial charge in [0.15, 0.2) is 0 Å². The molecule has 3 nitrogen and oxygen atoms in total. The van der Waals surface area contributed by atoms with Gasteiger partial charge in [-0.3, -0.25) is 4.79 Å². The van der Waals surface area contributed by atoms with E-state index in [4.69, 9.17) is 5.26 Å². The molecule has 22 heavy (non-hydrogen) atoms. The third kappa shape index (κ3) is 3.01. The monoisotopic (exact) mass is 290 g/mol. The lowest BCUT2D eigenvalue weighted by Gasteiger charge is -2.29. The smallest absolute Gasteiger partial charge is 0.227 e. The maximum atomic E-state index is 12.5. The van der Waals surface area contributed by atoms with Crippen molar-refractivity contribution in [1.29, 1.82) is 5.26 Å². The predicted molar refractivity (Wildman–Crippen MR) is 86.6 cm³/mol. The number of nitrogens with zero attached hydrogens (tertiary/aromatic N) is 2. The molecular weight excluding hydrogens is 272 g/mol. The van der Waals surface area contributed by atoms with Crippen LogP contribution in [0.25, 0.3) is 0 Å². The Balaban J connectivity index is 1.66. The average molecular weight is 290 g/mol. The number of hydrogen-bond donors (Lipinski definition) is 0. The first kappa shape index (κ1) is 14.3. The van der Waals surface area contributed by atoms with Crippen molar-refractivity contribution in [2.24, 2.45) is 0 Å². The molecule has 3 heteroatoms. The fourth-order valence-corrected chi connectivity index (χ4v) is 2.92. The van der Waals surface area contributed by atoms with Crippen molar-refractivity contribution in [3.8, 4) is 6.07 Å². The summed E-state index contributed by atoms with van der Waals surface area (Å²) in [6.07, 6.45) is 3.29. The van der Waals surface area contributed by atoms with Crippen LogP contribution in [0.4, 0.5) is 5.69 Å². The lowest BCUT2D eigenvalue weighted by molar-refractivity contribution is -0.118. The van der Waals surface area contributed by atoms with E-state index in [1.54, 1.807) is 12.1 Å². The lowest BCUT2D eigenvalue weighted by Crippen LogP contribution is -2.35. The summed E-state index contributed by atoms with van der Waals surface area (Å²) in [5, 5.41) is 8.80. The van der Waals surface area contributed by atoms with Crippen molar-refractivity contribution in [3.05, 3.63) is 65.2 Å². The van der Waals surface area contributed by atoms with Gasteiger partial charge in [0, 0.05) is 18.7 Å². The van der Waals surface area contributed by atoms with Crippen LogP contribution in [0.2, 0.25) is 0 Å². The number of carbonyl (C=O) groups is 1. The van der Waals surface area contributed by atoms with Crippen LogP contribution in [0.15, 0.2) is 48.5 Å². The maximum absolute atomic E-state index is 12.5. The Bertz CT molecular complexity index is 713. The Hall–Kier alpha value is -2.60. The van der Waals surface area contributed by atoms with E-state index in [-0.39, 0.29) is 5.91 Å². The Morgan fingerprint density at radius 1 is 1.14 bits per heavy atom. The summed E-state index contributed by atoms with van der Waals surface area (Å²) < 4.78 is 0. The summed E-state index contributed by atoms with van der Waals surface area (Å²) in [6, 6.07) is 17.7. The van der Waals surface area contributed by atoms with Crippen LogP contribution in [0.5, 0.6) is 0 Å². The molecule has 0 fully saturated rings. The molecule has 2 aromatic rings. The zero-order valence-corrected chi connectivity index (χ0v) is 12.5. The number of amides is 1. The molecule has 0 bridgehead atoms. The van der Waals surface area contributed by atoms with Gasteiger partial charge in [-0.05, 0) is 48.6 Å². The molecule has 3 rings (SSSR count). The Labute approximate surface area is 130 Å². The second kappa shape index (κ2) is 6.44. The maximum Gasteiger partial charge on any atom is 0.227 e. The number of carbonyl (C=O) groups excluding carboxylic acids is 1. The van der Waals surface area contributed by atoms with Crippen molar-refractivity contribution >= 4 is 11.6 Å². The number of nitriles is 1. The number of para-hydroxylation sites is 1. The van der Waals surface area contributed by atoms with Gasteiger partial charge in [-0.15, -0.1) is 0 Å². The highest BCUT2D eigenvalue weighted by Gasteiger charge is 2.21. The first-order valence-electron chi connectivity index (χ1n) is 7.65. The topological polar surface area (TPSA) is 44.1 Å². The highest BCUT2D eigenvalue weighted by Crippen LogP contribution is 2.27. The summed E-state index contributed by atoms with van der Waals surface area (Å²) in [5.41, 5.74) is 4.08. The molecule has 0 unspecified atom stereocenters. The number of anilines is 1. The van der Waals surface area contributed by atoms with Crippen LogP contribution in [-0.2, 0) is 17.6 Å². The zero-order chi connectivity index (χ0) is 15.4. The minimum atomic E-state index is 0.177. The van der Waals surface area contributed by atoms with Gasteiger partial charge in [-0.2, -0.15) is 5.26 Å². The van der Waals surface area contributed by atoms with E-state index in [2.05, 4.69) is 12.1 Å². The lowest BCUT2D eigenvalue weighted by atomic mass is 10.0. The van der Waals surface area contributed by atoms with Gasteiger partial charge < -0.3 is 4.90 Å². The van der Waals surface area contributed by atoms with Crippen molar-refractivity contribution in [2.75, 3.05) is 11.4 Å². The molecule has 1 aliphatic rings. The van der Waals surface area contributed by atoms with Crippen molar-refractivity contribution in [1.82, 2.24) is 0 Å². The zero-order valence-electron chi connectivity index (χ0n) is 12.5. The largest absolute Gasteiger partial charge is 0.312 e. The normalized spacial score (nSPS) is 13.3. The van der Waals surface area contributed by atoms with Gasteiger partial charge in [0.2, 0.25) is 5.91 Å². The first-order chi connectivity index (χ1) is 10.8. The van der Waals surface area contributed by atoms with E-state index in [0.717, 1.165) is 30.6 Å². The molecule has 1 heterocycles. The quantitative estimate of drug-likeness (QED) is 0.868. The van der Waals surface area contributed by atoms with Crippen LogP contribution in [0.3, 0.4) is 0 Å². The number of hydrogen-bond acceptors (Lipinski definition) is 2. The predicted octanol–water partition coefficient (Wildman–Crippen LogP) is 3.47. The fourth-order valence-electron chi connectivity index (χ4n) is 2.92. The van der Waals surface area contributed by atoms with E-state index in [1.807, 2.05) is 35.2 Å². The Morgan fingerprint density at radius 3 is 2.68 bits per heavy atom. The average Bonchev–Trinajstić information content (AvgIpc) is 2.59. The molecular formula is C19H18N2O. The van der Waals surface area contributed by atoms with E-state index >= 15 is 0 Å². The molecule has 1 amide bonds. The van der Waals surface area contributed by atoms with Crippen LogP contribution >= 0.6 is 0 Å². The molecule has 0 saturated carbocycles. The summed E-state index contributed by atoms with van der Waals surface area (Å²) in [6.45, 7) is 0.809. The third-order valence-electron chi connectivity index (χ3n) is 4.12. The highest BCUT2D eigenvalue weighted by molar-refractivity contribution is 5.94. The van der Waals surface area contributed by atoms with Gasteiger partial charge in [-0.1, -0.05) is 30.3 Å². The molecule has 1 aliphatic heterocycles. The van der Waals surface area contributed by atoms with Gasteiger partial charge in [0.25, 0.3) is 0 Å². The van der Waals surface area contributed by atoms with Crippen molar-refractivity contribution in [3.63, 3.8) is 0 Å². The van der Waals surface area contributed by atoms with Crippen molar-refractivity contribution in [2.45, 2.75) is 25.7 Å². The molecule has 0 saturated heterocycles. The molecule has 0 radical (unpaired) electrons. The number of benzene rings is 2. The molecule has 0 aromatic heterocycles. The second-order valence-electron chi connectivity index (χ2n) is 5.59. The third-order valence-corrected chi connectivity index (χ3v) is 4.12. The molecule has 2 aromatic carbocycles.